The van der Waals surface area contributed by atoms with E-state index < -0.39 is 0 Å². The molecule has 2 aromatic rings. The van der Waals surface area contributed by atoms with Gasteiger partial charge in [-0.05, 0) is 44.9 Å². The monoisotopic (exact) mass is 311 g/mol. The highest BCUT2D eigenvalue weighted by Gasteiger charge is 2.33. The van der Waals surface area contributed by atoms with Gasteiger partial charge >= 0.3 is 5.97 Å². The molecule has 0 bridgehead atoms. The number of benzene rings is 1. The average molecular weight is 311 g/mol. The molecule has 2 heterocycles. The molecule has 120 valence electrons. The minimum absolute atomic E-state index is 0.00669. The Hall–Kier alpha value is -2.36. The number of aromatic nitrogens is 1. The summed E-state index contributed by atoms with van der Waals surface area (Å²) in [5.41, 5.74) is 3.20. The van der Waals surface area contributed by atoms with E-state index in [-0.39, 0.29) is 23.8 Å². The molecule has 0 radical (unpaired) electrons. The number of fused-ring (bicyclic) bond motifs is 1. The lowest BCUT2D eigenvalue weighted by atomic mass is 10.0. The highest BCUT2D eigenvalue weighted by atomic mass is 16.5. The van der Waals surface area contributed by atoms with E-state index in [4.69, 9.17) is 4.74 Å². The topological polar surface area (TPSA) is 48.3 Å². The van der Waals surface area contributed by atoms with Crippen LogP contribution in [0.3, 0.4) is 0 Å². The molecule has 0 N–H and O–H groups in total. The lowest BCUT2D eigenvalue weighted by Crippen LogP contribution is -2.18. The van der Waals surface area contributed by atoms with E-state index in [2.05, 4.69) is 0 Å². The molecule has 1 atom stereocenters. The Labute approximate surface area is 136 Å². The van der Waals surface area contributed by atoms with Gasteiger partial charge in [-0.3, -0.25) is 9.59 Å². The van der Waals surface area contributed by atoms with E-state index in [1.54, 1.807) is 0 Å². The highest BCUT2D eigenvalue weighted by Crippen LogP contribution is 2.32. The quantitative estimate of drug-likeness (QED) is 0.641. The zero-order valence-corrected chi connectivity index (χ0v) is 13.7. The number of nitrogens with zero attached hydrogens (tertiary/aromatic N) is 1. The minimum Gasteiger partial charge on any atom is -0.462 e. The second-order valence-corrected chi connectivity index (χ2v) is 6.27. The van der Waals surface area contributed by atoms with Crippen LogP contribution in [-0.4, -0.2) is 22.4 Å². The molecule has 0 aliphatic carbocycles. The third-order valence-electron chi connectivity index (χ3n) is 4.27. The second kappa shape index (κ2) is 6.03. The molecule has 0 amide bonds. The van der Waals surface area contributed by atoms with Gasteiger partial charge in [0, 0.05) is 17.8 Å². The standard InChI is InChI=1S/C19H21NO3/c1-12(2)23-19(22)15-10-11-20-16(15)8-9-17(20)18(21)14-7-5-4-6-13(14)3/h4-9,12,15H,10-11H2,1-3H3. The molecule has 0 saturated heterocycles. The largest absolute Gasteiger partial charge is 0.462 e. The summed E-state index contributed by atoms with van der Waals surface area (Å²) in [5.74, 6) is -0.463. The normalized spacial score (nSPS) is 16.4. The van der Waals surface area contributed by atoms with Crippen molar-refractivity contribution in [1.82, 2.24) is 4.57 Å². The molecule has 1 aromatic carbocycles. The van der Waals surface area contributed by atoms with E-state index in [0.29, 0.717) is 24.2 Å². The van der Waals surface area contributed by atoms with Gasteiger partial charge in [0.05, 0.1) is 17.7 Å². The summed E-state index contributed by atoms with van der Waals surface area (Å²) in [5, 5.41) is 0. The van der Waals surface area contributed by atoms with Crippen molar-refractivity contribution in [3.8, 4) is 0 Å². The molecule has 23 heavy (non-hydrogen) atoms. The van der Waals surface area contributed by atoms with Crippen molar-refractivity contribution in [2.75, 3.05) is 0 Å². The van der Waals surface area contributed by atoms with Crippen LogP contribution in [0.4, 0.5) is 0 Å². The average Bonchev–Trinajstić information content (AvgIpc) is 3.07. The van der Waals surface area contributed by atoms with Gasteiger partial charge in [-0.1, -0.05) is 24.3 Å². The van der Waals surface area contributed by atoms with Gasteiger partial charge in [0.2, 0.25) is 5.78 Å². The van der Waals surface area contributed by atoms with Crippen LogP contribution in [0.1, 0.15) is 53.5 Å². The molecule has 3 rings (SSSR count). The molecular formula is C19H21NO3. The lowest BCUT2D eigenvalue weighted by molar-refractivity contribution is -0.149. The number of rotatable bonds is 4. The van der Waals surface area contributed by atoms with Gasteiger partial charge in [-0.2, -0.15) is 0 Å². The van der Waals surface area contributed by atoms with Crippen LogP contribution in [0.15, 0.2) is 36.4 Å². The van der Waals surface area contributed by atoms with Gasteiger partial charge in [-0.25, -0.2) is 0 Å². The Morgan fingerprint density at radius 1 is 1.17 bits per heavy atom. The van der Waals surface area contributed by atoms with E-state index >= 15 is 0 Å². The molecule has 1 aliphatic rings. The van der Waals surface area contributed by atoms with Crippen LogP contribution >= 0.6 is 0 Å². The van der Waals surface area contributed by atoms with Gasteiger partial charge < -0.3 is 9.30 Å². The Bertz CT molecular complexity index is 758. The van der Waals surface area contributed by atoms with Crippen LogP contribution in [-0.2, 0) is 16.1 Å². The van der Waals surface area contributed by atoms with Crippen LogP contribution in [0, 0.1) is 6.92 Å². The molecule has 4 heteroatoms. The Kier molecular flexibility index (Phi) is 4.07. The number of hydrogen-bond donors (Lipinski definition) is 0. The van der Waals surface area contributed by atoms with E-state index in [1.165, 1.54) is 0 Å². The number of carbonyl (C=O) groups is 2. The summed E-state index contributed by atoms with van der Waals surface area (Å²) in [6.07, 6.45) is 0.565. The summed E-state index contributed by atoms with van der Waals surface area (Å²) in [7, 11) is 0. The van der Waals surface area contributed by atoms with Crippen molar-refractivity contribution in [2.45, 2.75) is 45.8 Å². The first-order valence-electron chi connectivity index (χ1n) is 7.99. The van der Waals surface area contributed by atoms with Crippen molar-refractivity contribution in [1.29, 1.82) is 0 Å². The zero-order valence-electron chi connectivity index (χ0n) is 13.7. The number of esters is 1. The SMILES string of the molecule is Cc1ccccc1C(=O)c1ccc2n1CCC2C(=O)OC(C)C. The Morgan fingerprint density at radius 3 is 2.61 bits per heavy atom. The summed E-state index contributed by atoms with van der Waals surface area (Å²) in [4.78, 5) is 25.0. The predicted molar refractivity (Wildman–Crippen MR) is 87.6 cm³/mol. The van der Waals surface area contributed by atoms with Crippen molar-refractivity contribution in [3.63, 3.8) is 0 Å². The number of hydrogen-bond acceptors (Lipinski definition) is 3. The number of carbonyl (C=O) groups excluding carboxylic acids is 2. The Morgan fingerprint density at radius 2 is 1.91 bits per heavy atom. The van der Waals surface area contributed by atoms with Gasteiger partial charge in [0.1, 0.15) is 0 Å². The first kappa shape index (κ1) is 15.5. The summed E-state index contributed by atoms with van der Waals surface area (Å²) < 4.78 is 7.29. The lowest BCUT2D eigenvalue weighted by Gasteiger charge is -2.12. The predicted octanol–water partition coefficient (Wildman–Crippen LogP) is 3.47. The van der Waals surface area contributed by atoms with Crippen LogP contribution < -0.4 is 0 Å². The molecule has 1 unspecified atom stereocenters. The van der Waals surface area contributed by atoms with Crippen molar-refractivity contribution < 1.29 is 14.3 Å². The minimum atomic E-state index is -0.268. The van der Waals surface area contributed by atoms with Crippen LogP contribution in [0.25, 0.3) is 0 Å². The van der Waals surface area contributed by atoms with E-state index in [9.17, 15) is 9.59 Å². The van der Waals surface area contributed by atoms with Crippen molar-refractivity contribution in [3.05, 3.63) is 58.9 Å². The first-order chi connectivity index (χ1) is 11.0. The first-order valence-corrected chi connectivity index (χ1v) is 7.99. The summed E-state index contributed by atoms with van der Waals surface area (Å²) >= 11 is 0. The zero-order chi connectivity index (χ0) is 16.6. The van der Waals surface area contributed by atoms with Crippen molar-refractivity contribution in [2.24, 2.45) is 0 Å². The molecule has 1 aromatic heterocycles. The fourth-order valence-corrected chi connectivity index (χ4v) is 3.16. The fourth-order valence-electron chi connectivity index (χ4n) is 3.16. The van der Waals surface area contributed by atoms with Gasteiger partial charge in [-0.15, -0.1) is 0 Å². The maximum Gasteiger partial charge on any atom is 0.315 e. The molecular weight excluding hydrogens is 290 g/mol. The van der Waals surface area contributed by atoms with Gasteiger partial charge in [0.25, 0.3) is 0 Å². The smallest absolute Gasteiger partial charge is 0.315 e. The molecule has 0 fully saturated rings. The van der Waals surface area contributed by atoms with E-state index in [1.807, 2.05) is 61.7 Å². The molecule has 1 aliphatic heterocycles. The van der Waals surface area contributed by atoms with Crippen molar-refractivity contribution >= 4 is 11.8 Å². The number of ether oxygens (including phenoxy) is 1. The van der Waals surface area contributed by atoms with Gasteiger partial charge in [0.15, 0.2) is 0 Å². The highest BCUT2D eigenvalue weighted by molar-refractivity contribution is 6.09. The third-order valence-corrected chi connectivity index (χ3v) is 4.27. The van der Waals surface area contributed by atoms with E-state index in [0.717, 1.165) is 11.3 Å². The summed E-state index contributed by atoms with van der Waals surface area (Å²) in [6.45, 7) is 6.30. The second-order valence-electron chi connectivity index (χ2n) is 6.27. The maximum absolute atomic E-state index is 12.8. The number of aryl methyl sites for hydroxylation is 1. The van der Waals surface area contributed by atoms with Crippen LogP contribution in [0.5, 0.6) is 0 Å². The summed E-state index contributed by atoms with van der Waals surface area (Å²) in [6, 6.07) is 11.3. The molecule has 4 nitrogen and oxygen atoms in total. The molecule has 0 saturated carbocycles. The van der Waals surface area contributed by atoms with Crippen LogP contribution in [0.2, 0.25) is 0 Å². The maximum atomic E-state index is 12.8. The fraction of sp³-hybridized carbons (Fsp3) is 0.368. The Balaban J connectivity index is 1.90. The third kappa shape index (κ3) is 2.81. The molecule has 0 spiro atoms. The number of ketones is 1.